The van der Waals surface area contributed by atoms with Gasteiger partial charge in [0.15, 0.2) is 6.61 Å². The number of hydrogen-bond donors (Lipinski definition) is 1. The maximum absolute atomic E-state index is 11.6. The van der Waals surface area contributed by atoms with Gasteiger partial charge in [0.1, 0.15) is 5.75 Å². The highest BCUT2D eigenvalue weighted by Crippen LogP contribution is 2.27. The third-order valence-corrected chi connectivity index (χ3v) is 3.59. The molecule has 0 atom stereocenters. The number of ether oxygens (including phenoxy) is 1. The maximum Gasteiger partial charge on any atom is 0.277 e. The quantitative estimate of drug-likeness (QED) is 0.630. The van der Waals surface area contributed by atoms with Crippen LogP contribution in [0.15, 0.2) is 52.0 Å². The van der Waals surface area contributed by atoms with Crippen LogP contribution in [0.3, 0.4) is 0 Å². The zero-order valence-corrected chi connectivity index (χ0v) is 14.2. The number of halogens is 2. The first kappa shape index (κ1) is 16.5. The van der Waals surface area contributed by atoms with E-state index in [1.165, 1.54) is 5.56 Å². The number of hydrogen-bond acceptors (Lipinski definition) is 3. The molecule has 0 spiro atoms. The molecule has 0 bridgehead atoms. The molecule has 2 aromatic carbocycles. The molecule has 0 radical (unpaired) electrons. The average Bonchev–Trinajstić information content (AvgIpc) is 2.48. The molecule has 2 aromatic rings. The fourth-order valence-corrected chi connectivity index (χ4v) is 2.40. The van der Waals surface area contributed by atoms with Crippen LogP contribution in [0.5, 0.6) is 5.75 Å². The SMILES string of the molecule is Cc1ccc(C=NNC(=O)COc2ccc(Cl)cc2Br)cc1. The predicted molar refractivity (Wildman–Crippen MR) is 91.6 cm³/mol. The Kier molecular flexibility index (Phi) is 5.98. The molecule has 0 aliphatic carbocycles. The Labute approximate surface area is 142 Å². The summed E-state index contributed by atoms with van der Waals surface area (Å²) >= 11 is 9.15. The highest BCUT2D eigenvalue weighted by atomic mass is 79.9. The molecule has 0 heterocycles. The molecule has 1 N–H and O–H groups in total. The van der Waals surface area contributed by atoms with Gasteiger partial charge in [0.2, 0.25) is 0 Å². The first-order valence-electron chi connectivity index (χ1n) is 6.51. The molecule has 0 saturated carbocycles. The Balaban J connectivity index is 1.81. The van der Waals surface area contributed by atoms with Crippen molar-refractivity contribution in [3.8, 4) is 5.75 Å². The van der Waals surface area contributed by atoms with E-state index in [-0.39, 0.29) is 12.5 Å². The van der Waals surface area contributed by atoms with Crippen molar-refractivity contribution < 1.29 is 9.53 Å². The average molecular weight is 382 g/mol. The molecule has 0 aliphatic heterocycles. The van der Waals surface area contributed by atoms with E-state index in [1.807, 2.05) is 31.2 Å². The van der Waals surface area contributed by atoms with E-state index in [9.17, 15) is 4.79 Å². The van der Waals surface area contributed by atoms with Gasteiger partial charge in [-0.05, 0) is 46.6 Å². The van der Waals surface area contributed by atoms with Gasteiger partial charge in [-0.2, -0.15) is 5.10 Å². The van der Waals surface area contributed by atoms with Gasteiger partial charge in [-0.3, -0.25) is 4.79 Å². The van der Waals surface area contributed by atoms with Crippen molar-refractivity contribution in [2.45, 2.75) is 6.92 Å². The highest BCUT2D eigenvalue weighted by Gasteiger charge is 2.05. The van der Waals surface area contributed by atoms with E-state index in [4.69, 9.17) is 16.3 Å². The minimum atomic E-state index is -0.342. The number of rotatable bonds is 5. The third kappa shape index (κ3) is 5.16. The van der Waals surface area contributed by atoms with Crippen LogP contribution in [-0.2, 0) is 4.79 Å². The molecule has 0 aromatic heterocycles. The predicted octanol–water partition coefficient (Wildman–Crippen LogP) is 3.94. The second-order valence-electron chi connectivity index (χ2n) is 4.57. The second-order valence-corrected chi connectivity index (χ2v) is 5.86. The van der Waals surface area contributed by atoms with Crippen molar-refractivity contribution in [3.63, 3.8) is 0 Å². The van der Waals surface area contributed by atoms with Gasteiger partial charge >= 0.3 is 0 Å². The number of nitrogens with one attached hydrogen (secondary N) is 1. The van der Waals surface area contributed by atoms with Crippen molar-refractivity contribution in [1.29, 1.82) is 0 Å². The van der Waals surface area contributed by atoms with Crippen molar-refractivity contribution in [2.75, 3.05) is 6.61 Å². The van der Waals surface area contributed by atoms with Gasteiger partial charge in [-0.1, -0.05) is 41.4 Å². The Morgan fingerprint density at radius 3 is 2.73 bits per heavy atom. The molecule has 0 aliphatic rings. The van der Waals surface area contributed by atoms with Crippen LogP contribution in [0.1, 0.15) is 11.1 Å². The number of aryl methyl sites for hydroxylation is 1. The highest BCUT2D eigenvalue weighted by molar-refractivity contribution is 9.10. The van der Waals surface area contributed by atoms with Gasteiger partial charge in [0, 0.05) is 5.02 Å². The lowest BCUT2D eigenvalue weighted by molar-refractivity contribution is -0.123. The molecule has 22 heavy (non-hydrogen) atoms. The molecule has 0 fully saturated rings. The van der Waals surface area contributed by atoms with Crippen LogP contribution >= 0.6 is 27.5 Å². The standard InChI is InChI=1S/C16H14BrClN2O2/c1-11-2-4-12(5-3-11)9-19-20-16(21)10-22-15-7-6-13(18)8-14(15)17/h2-9H,10H2,1H3,(H,20,21). The Hall–Kier alpha value is -1.85. The lowest BCUT2D eigenvalue weighted by atomic mass is 10.2. The Morgan fingerprint density at radius 1 is 1.32 bits per heavy atom. The van der Waals surface area contributed by atoms with E-state index >= 15 is 0 Å². The van der Waals surface area contributed by atoms with Gasteiger partial charge in [-0.25, -0.2) is 5.43 Å². The normalized spacial score (nSPS) is 10.7. The number of carbonyl (C=O) groups excluding carboxylic acids is 1. The maximum atomic E-state index is 11.6. The largest absolute Gasteiger partial charge is 0.483 e. The molecule has 6 heteroatoms. The van der Waals surface area contributed by atoms with Crippen LogP contribution in [0.4, 0.5) is 0 Å². The number of hydrazone groups is 1. The summed E-state index contributed by atoms with van der Waals surface area (Å²) in [4.78, 5) is 11.6. The van der Waals surface area contributed by atoms with Gasteiger partial charge in [0.25, 0.3) is 5.91 Å². The summed E-state index contributed by atoms with van der Waals surface area (Å²) in [7, 11) is 0. The summed E-state index contributed by atoms with van der Waals surface area (Å²) in [6.07, 6.45) is 1.58. The molecular formula is C16H14BrClN2O2. The van der Waals surface area contributed by atoms with Crippen molar-refractivity contribution in [1.82, 2.24) is 5.43 Å². The third-order valence-electron chi connectivity index (χ3n) is 2.73. The van der Waals surface area contributed by atoms with E-state index in [0.717, 1.165) is 5.56 Å². The second kappa shape index (κ2) is 7.96. The molecule has 0 unspecified atom stereocenters. The van der Waals surface area contributed by atoms with E-state index < -0.39 is 0 Å². The molecule has 114 valence electrons. The lowest BCUT2D eigenvalue weighted by Crippen LogP contribution is -2.24. The number of amides is 1. The lowest BCUT2D eigenvalue weighted by Gasteiger charge is -2.07. The molecule has 1 amide bonds. The van der Waals surface area contributed by atoms with E-state index in [0.29, 0.717) is 15.2 Å². The van der Waals surface area contributed by atoms with Gasteiger partial charge < -0.3 is 4.74 Å². The van der Waals surface area contributed by atoms with Crippen LogP contribution < -0.4 is 10.2 Å². The fraction of sp³-hybridized carbons (Fsp3) is 0.125. The minimum Gasteiger partial charge on any atom is -0.483 e. The minimum absolute atomic E-state index is 0.133. The zero-order valence-electron chi connectivity index (χ0n) is 11.8. The van der Waals surface area contributed by atoms with Crippen LogP contribution in [0.2, 0.25) is 5.02 Å². The summed E-state index contributed by atoms with van der Waals surface area (Å²) in [6, 6.07) is 12.9. The summed E-state index contributed by atoms with van der Waals surface area (Å²) < 4.78 is 6.07. The number of carbonyl (C=O) groups is 1. The Morgan fingerprint density at radius 2 is 2.05 bits per heavy atom. The fourth-order valence-electron chi connectivity index (χ4n) is 1.60. The molecule has 4 nitrogen and oxygen atoms in total. The molecular weight excluding hydrogens is 368 g/mol. The topological polar surface area (TPSA) is 50.7 Å². The van der Waals surface area contributed by atoms with E-state index in [2.05, 4.69) is 26.5 Å². The van der Waals surface area contributed by atoms with Crippen LogP contribution in [0.25, 0.3) is 0 Å². The summed E-state index contributed by atoms with van der Waals surface area (Å²) in [5.41, 5.74) is 4.49. The zero-order chi connectivity index (χ0) is 15.9. The molecule has 2 rings (SSSR count). The first-order chi connectivity index (χ1) is 10.5. The van der Waals surface area contributed by atoms with Crippen molar-refractivity contribution in [2.24, 2.45) is 5.10 Å². The summed E-state index contributed by atoms with van der Waals surface area (Å²) in [5.74, 6) is 0.201. The summed E-state index contributed by atoms with van der Waals surface area (Å²) in [6.45, 7) is 1.88. The van der Waals surface area contributed by atoms with E-state index in [1.54, 1.807) is 24.4 Å². The van der Waals surface area contributed by atoms with Crippen LogP contribution in [0, 0.1) is 6.92 Å². The summed E-state index contributed by atoms with van der Waals surface area (Å²) in [5, 5.41) is 4.47. The first-order valence-corrected chi connectivity index (χ1v) is 7.68. The van der Waals surface area contributed by atoms with Gasteiger partial charge in [0.05, 0.1) is 10.7 Å². The van der Waals surface area contributed by atoms with Gasteiger partial charge in [-0.15, -0.1) is 0 Å². The number of nitrogens with zero attached hydrogens (tertiary/aromatic N) is 1. The van der Waals surface area contributed by atoms with Crippen molar-refractivity contribution in [3.05, 3.63) is 63.1 Å². The van der Waals surface area contributed by atoms with Crippen LogP contribution in [-0.4, -0.2) is 18.7 Å². The monoisotopic (exact) mass is 380 g/mol. The molecule has 0 saturated heterocycles. The Bertz CT molecular complexity index is 687. The van der Waals surface area contributed by atoms with Crippen molar-refractivity contribution >= 4 is 39.7 Å². The smallest absolute Gasteiger partial charge is 0.277 e. The number of benzene rings is 2.